The van der Waals surface area contributed by atoms with Gasteiger partial charge < -0.3 is 0 Å². The van der Waals surface area contributed by atoms with Gasteiger partial charge in [-0.2, -0.15) is 0 Å². The van der Waals surface area contributed by atoms with Crippen molar-refractivity contribution in [3.8, 4) is 5.75 Å². The number of benzene rings is 2. The Bertz CT molecular complexity index is 480. The molecule has 2 nitrogen and oxygen atoms in total. The Hall–Kier alpha value is -1.01. The molecule has 2 aromatic carbocycles. The third-order valence-electron chi connectivity index (χ3n) is 3.57. The molecule has 2 atom stereocenters. The van der Waals surface area contributed by atoms with E-state index in [2.05, 4.69) is 30.3 Å². The molecule has 1 aliphatic heterocycles. The molecule has 0 spiro atoms. The first kappa shape index (κ1) is 14.9. The molecule has 110 valence electrons. The van der Waals surface area contributed by atoms with Gasteiger partial charge in [-0.05, 0) is 0 Å². The molecule has 0 N–H and O–H groups in total. The van der Waals surface area contributed by atoms with Crippen LogP contribution in [-0.2, 0) is 4.74 Å². The quantitative estimate of drug-likeness (QED) is 0.700. The summed E-state index contributed by atoms with van der Waals surface area (Å²) in [4.78, 5) is 0. The molecule has 0 saturated carbocycles. The maximum absolute atomic E-state index is 5.87. The van der Waals surface area contributed by atoms with Crippen LogP contribution in [0.5, 0.6) is 5.75 Å². The van der Waals surface area contributed by atoms with E-state index in [-0.39, 0.29) is 27.0 Å². The summed E-state index contributed by atoms with van der Waals surface area (Å²) in [5.74, 6) is 1.65. The molecule has 21 heavy (non-hydrogen) atoms. The molecular weight excluding hydrogens is 376 g/mol. The second kappa shape index (κ2) is 7.84. The van der Waals surface area contributed by atoms with Crippen LogP contribution in [0.1, 0.15) is 6.42 Å². The van der Waals surface area contributed by atoms with Gasteiger partial charge in [-0.15, -0.1) is 0 Å². The molecule has 1 saturated heterocycles. The van der Waals surface area contributed by atoms with Crippen LogP contribution >= 0.6 is 0 Å². The van der Waals surface area contributed by atoms with Crippen molar-refractivity contribution in [2.45, 2.75) is 17.0 Å². The minimum atomic E-state index is -0.0664. The fraction of sp³-hybridized carbons (Fsp3) is 0.333. The van der Waals surface area contributed by atoms with E-state index in [4.69, 9.17) is 9.47 Å². The Morgan fingerprint density at radius 3 is 2.48 bits per heavy atom. The van der Waals surface area contributed by atoms with Crippen molar-refractivity contribution in [2.75, 3.05) is 13.2 Å². The number of hydrogen-bond acceptors (Lipinski definition) is 2. The van der Waals surface area contributed by atoms with Gasteiger partial charge in [-0.25, -0.2) is 0 Å². The number of rotatable bonds is 6. The van der Waals surface area contributed by atoms with Crippen LogP contribution in [0.2, 0.25) is 4.47 Å². The van der Waals surface area contributed by atoms with Crippen LogP contribution in [0, 0.1) is 5.92 Å². The Labute approximate surface area is 136 Å². The summed E-state index contributed by atoms with van der Waals surface area (Å²) < 4.78 is 14.5. The predicted molar refractivity (Wildman–Crippen MR) is 86.4 cm³/mol. The van der Waals surface area contributed by atoms with Gasteiger partial charge in [0.1, 0.15) is 0 Å². The Balaban J connectivity index is 1.39. The second-order valence-electron chi connectivity index (χ2n) is 5.31. The molecule has 0 aromatic heterocycles. The summed E-state index contributed by atoms with van der Waals surface area (Å²) in [6, 6.07) is 20.9. The van der Waals surface area contributed by atoms with Gasteiger partial charge in [0.2, 0.25) is 0 Å². The van der Waals surface area contributed by atoms with Crippen LogP contribution in [-0.4, -0.2) is 40.2 Å². The van der Waals surface area contributed by atoms with Crippen molar-refractivity contribution in [1.29, 1.82) is 0 Å². The van der Waals surface area contributed by atoms with Gasteiger partial charge in [0.15, 0.2) is 0 Å². The summed E-state index contributed by atoms with van der Waals surface area (Å²) in [7, 11) is 0. The van der Waals surface area contributed by atoms with E-state index in [9.17, 15) is 0 Å². The number of para-hydroxylation sites is 1. The standard InChI is InChI=1S/C18H20O2Te/c1-3-7-16(8-4-1)20-13-17-11-15(12-19-17)14-21-18-9-5-2-6-10-18/h1-10,15,17H,11-14H2. The molecular formula is C18H20O2Te. The molecule has 0 bridgehead atoms. The van der Waals surface area contributed by atoms with E-state index >= 15 is 0 Å². The van der Waals surface area contributed by atoms with E-state index in [1.165, 1.54) is 4.47 Å². The number of ether oxygens (including phenoxy) is 2. The topological polar surface area (TPSA) is 18.5 Å². The van der Waals surface area contributed by atoms with E-state index in [0.717, 1.165) is 24.7 Å². The third kappa shape index (κ3) is 4.74. The van der Waals surface area contributed by atoms with Gasteiger partial charge in [-0.3, -0.25) is 0 Å². The van der Waals surface area contributed by atoms with Crippen molar-refractivity contribution in [1.82, 2.24) is 0 Å². The van der Waals surface area contributed by atoms with E-state index in [0.29, 0.717) is 6.61 Å². The molecule has 3 rings (SSSR count). The first-order chi connectivity index (χ1) is 10.4. The Morgan fingerprint density at radius 2 is 1.71 bits per heavy atom. The normalized spacial score (nSPS) is 21.3. The van der Waals surface area contributed by atoms with E-state index < -0.39 is 0 Å². The van der Waals surface area contributed by atoms with Crippen molar-refractivity contribution >= 4 is 24.5 Å². The maximum atomic E-state index is 5.87. The number of hydrogen-bond donors (Lipinski definition) is 0. The Kier molecular flexibility index (Phi) is 5.57. The zero-order valence-corrected chi connectivity index (χ0v) is 14.3. The average Bonchev–Trinajstić information content (AvgIpc) is 3.01. The van der Waals surface area contributed by atoms with Crippen LogP contribution in [0.25, 0.3) is 0 Å². The molecule has 0 amide bonds. The van der Waals surface area contributed by atoms with Crippen LogP contribution in [0.4, 0.5) is 0 Å². The fourth-order valence-electron chi connectivity index (χ4n) is 2.45. The van der Waals surface area contributed by atoms with Crippen molar-refractivity contribution < 1.29 is 9.47 Å². The summed E-state index contributed by atoms with van der Waals surface area (Å²) in [6.07, 6.45) is 1.41. The first-order valence-corrected chi connectivity index (χ1v) is 10.2. The summed E-state index contributed by atoms with van der Waals surface area (Å²) >= 11 is -0.0664. The Morgan fingerprint density at radius 1 is 1.00 bits per heavy atom. The van der Waals surface area contributed by atoms with Crippen LogP contribution in [0.15, 0.2) is 60.7 Å². The van der Waals surface area contributed by atoms with Gasteiger partial charge >= 0.3 is 137 Å². The fourth-order valence-corrected chi connectivity index (χ4v) is 5.33. The summed E-state index contributed by atoms with van der Waals surface area (Å²) in [5, 5.41) is 0. The van der Waals surface area contributed by atoms with E-state index in [1.54, 1.807) is 3.61 Å². The first-order valence-electron chi connectivity index (χ1n) is 7.37. The van der Waals surface area contributed by atoms with Gasteiger partial charge in [0.05, 0.1) is 0 Å². The molecule has 1 heterocycles. The zero-order chi connectivity index (χ0) is 14.3. The van der Waals surface area contributed by atoms with Crippen molar-refractivity contribution in [3.63, 3.8) is 0 Å². The SMILES string of the molecule is c1ccc(OCC2CC(C[Te]c3ccccc3)CO2)cc1. The predicted octanol–water partition coefficient (Wildman–Crippen LogP) is 2.92. The van der Waals surface area contributed by atoms with Gasteiger partial charge in [0.25, 0.3) is 0 Å². The molecule has 1 fully saturated rings. The third-order valence-corrected chi connectivity index (χ3v) is 7.12. The monoisotopic (exact) mass is 398 g/mol. The minimum absolute atomic E-state index is 0.0664. The second-order valence-corrected chi connectivity index (χ2v) is 8.43. The summed E-state index contributed by atoms with van der Waals surface area (Å²) in [5.41, 5.74) is 0. The molecule has 1 aliphatic rings. The molecule has 0 radical (unpaired) electrons. The molecule has 3 heteroatoms. The van der Waals surface area contributed by atoms with Crippen LogP contribution < -0.4 is 8.35 Å². The zero-order valence-electron chi connectivity index (χ0n) is 12.0. The molecule has 2 unspecified atom stereocenters. The average molecular weight is 396 g/mol. The van der Waals surface area contributed by atoms with Gasteiger partial charge in [0, 0.05) is 0 Å². The molecule has 0 aliphatic carbocycles. The van der Waals surface area contributed by atoms with Crippen molar-refractivity contribution in [2.24, 2.45) is 5.92 Å². The molecule has 2 aromatic rings. The summed E-state index contributed by atoms with van der Waals surface area (Å²) in [6.45, 7) is 1.58. The van der Waals surface area contributed by atoms with Gasteiger partial charge in [-0.1, -0.05) is 0 Å². The van der Waals surface area contributed by atoms with E-state index in [1.807, 2.05) is 30.3 Å². The van der Waals surface area contributed by atoms with Crippen LogP contribution in [0.3, 0.4) is 0 Å². The van der Waals surface area contributed by atoms with Crippen molar-refractivity contribution in [3.05, 3.63) is 60.7 Å².